The second-order valence-electron chi connectivity index (χ2n) is 4.69. The average molecular weight is 286 g/mol. The van der Waals surface area contributed by atoms with Gasteiger partial charge < -0.3 is 5.11 Å². The molecule has 0 aromatic heterocycles. The van der Waals surface area contributed by atoms with E-state index in [1.54, 1.807) is 6.07 Å². The minimum absolute atomic E-state index is 0.133. The zero-order valence-electron chi connectivity index (χ0n) is 10.1. The lowest BCUT2D eigenvalue weighted by atomic mass is 10.2. The van der Waals surface area contributed by atoms with Crippen molar-refractivity contribution in [3.8, 4) is 0 Å². The number of nitro benzene ring substituents is 1. The van der Waals surface area contributed by atoms with Crippen LogP contribution in [0.15, 0.2) is 24.3 Å². The first kappa shape index (κ1) is 13.9. The van der Waals surface area contributed by atoms with Crippen LogP contribution >= 0.6 is 0 Å². The van der Waals surface area contributed by atoms with Crippen molar-refractivity contribution in [3.05, 3.63) is 39.9 Å². The van der Waals surface area contributed by atoms with Crippen LogP contribution < -0.4 is 4.72 Å². The Bertz CT molecular complexity index is 595. The Labute approximate surface area is 110 Å². The SMILES string of the molecule is O=[N+]([O-])c1ccccc1CS(=O)(=O)NC1(CO)CC1. The molecule has 1 fully saturated rings. The Morgan fingerprint density at radius 2 is 2.00 bits per heavy atom. The molecule has 0 unspecified atom stereocenters. The number of aliphatic hydroxyl groups is 1. The quantitative estimate of drug-likeness (QED) is 0.586. The monoisotopic (exact) mass is 286 g/mol. The summed E-state index contributed by atoms with van der Waals surface area (Å²) in [7, 11) is -3.71. The number of sulfonamides is 1. The Hall–Kier alpha value is -1.51. The molecule has 0 saturated heterocycles. The van der Waals surface area contributed by atoms with Gasteiger partial charge in [-0.2, -0.15) is 0 Å². The molecule has 0 atom stereocenters. The number of hydrogen-bond donors (Lipinski definition) is 2. The van der Waals surface area contributed by atoms with Crippen molar-refractivity contribution >= 4 is 15.7 Å². The summed E-state index contributed by atoms with van der Waals surface area (Å²) < 4.78 is 26.3. The summed E-state index contributed by atoms with van der Waals surface area (Å²) in [6, 6.07) is 5.72. The molecule has 2 rings (SSSR count). The molecule has 8 heteroatoms. The highest BCUT2D eigenvalue weighted by Gasteiger charge is 2.45. The molecule has 1 aliphatic carbocycles. The van der Waals surface area contributed by atoms with E-state index in [1.165, 1.54) is 18.2 Å². The Morgan fingerprint density at radius 1 is 1.37 bits per heavy atom. The fourth-order valence-corrected chi connectivity index (χ4v) is 3.48. The number of nitrogens with one attached hydrogen (secondary N) is 1. The van der Waals surface area contributed by atoms with Crippen molar-refractivity contribution in [3.63, 3.8) is 0 Å². The van der Waals surface area contributed by atoms with E-state index in [4.69, 9.17) is 5.11 Å². The van der Waals surface area contributed by atoms with E-state index in [1.807, 2.05) is 0 Å². The average Bonchev–Trinajstić information content (AvgIpc) is 3.08. The topological polar surface area (TPSA) is 110 Å². The minimum atomic E-state index is -3.71. The first-order valence-corrected chi connectivity index (χ1v) is 7.37. The van der Waals surface area contributed by atoms with Gasteiger partial charge in [-0.25, -0.2) is 13.1 Å². The van der Waals surface area contributed by atoms with E-state index in [0.717, 1.165) is 0 Å². The minimum Gasteiger partial charge on any atom is -0.394 e. The molecular weight excluding hydrogens is 272 g/mol. The Morgan fingerprint density at radius 3 is 2.53 bits per heavy atom. The summed E-state index contributed by atoms with van der Waals surface area (Å²) >= 11 is 0. The predicted molar refractivity (Wildman–Crippen MR) is 67.9 cm³/mol. The fraction of sp³-hybridized carbons (Fsp3) is 0.455. The van der Waals surface area contributed by atoms with Gasteiger partial charge in [0.1, 0.15) is 0 Å². The van der Waals surface area contributed by atoms with Gasteiger partial charge in [-0.1, -0.05) is 18.2 Å². The molecule has 1 aromatic carbocycles. The number of para-hydroxylation sites is 1. The molecule has 0 bridgehead atoms. The highest BCUT2D eigenvalue weighted by molar-refractivity contribution is 7.88. The normalized spacial score (nSPS) is 17.1. The number of rotatable bonds is 6. The highest BCUT2D eigenvalue weighted by Crippen LogP contribution is 2.35. The number of benzene rings is 1. The van der Waals surface area contributed by atoms with Crippen LogP contribution in [0.2, 0.25) is 0 Å². The van der Waals surface area contributed by atoms with Crippen molar-refractivity contribution in [2.24, 2.45) is 0 Å². The van der Waals surface area contributed by atoms with Crippen LogP contribution in [0.25, 0.3) is 0 Å². The van der Waals surface area contributed by atoms with Gasteiger partial charge in [0.15, 0.2) is 0 Å². The van der Waals surface area contributed by atoms with Crippen LogP contribution in [0.3, 0.4) is 0 Å². The van der Waals surface area contributed by atoms with Gasteiger partial charge in [0.25, 0.3) is 5.69 Å². The van der Waals surface area contributed by atoms with Crippen LogP contribution in [0, 0.1) is 10.1 Å². The van der Waals surface area contributed by atoms with Gasteiger partial charge in [0.05, 0.1) is 22.8 Å². The molecule has 2 N–H and O–H groups in total. The van der Waals surface area contributed by atoms with Gasteiger partial charge in [-0.15, -0.1) is 0 Å². The summed E-state index contributed by atoms with van der Waals surface area (Å²) in [6.45, 7) is -0.261. The highest BCUT2D eigenvalue weighted by atomic mass is 32.2. The molecule has 1 aliphatic rings. The fourth-order valence-electron chi connectivity index (χ4n) is 1.83. The third-order valence-corrected chi connectivity index (χ3v) is 4.50. The summed E-state index contributed by atoms with van der Waals surface area (Å²) in [5, 5.41) is 19.9. The maximum absolute atomic E-state index is 11.9. The third kappa shape index (κ3) is 3.28. The van der Waals surface area contributed by atoms with E-state index < -0.39 is 26.2 Å². The smallest absolute Gasteiger partial charge is 0.273 e. The zero-order valence-corrected chi connectivity index (χ0v) is 10.9. The molecular formula is C11H14N2O5S. The number of nitro groups is 1. The van der Waals surface area contributed by atoms with Crippen molar-refractivity contribution < 1.29 is 18.4 Å². The van der Waals surface area contributed by atoms with Gasteiger partial charge in [-0.05, 0) is 12.8 Å². The predicted octanol–water partition coefficient (Wildman–Crippen LogP) is 0.539. The molecule has 0 spiro atoms. The maximum Gasteiger partial charge on any atom is 0.273 e. The van der Waals surface area contributed by atoms with Crippen molar-refractivity contribution in [2.75, 3.05) is 6.61 Å². The first-order chi connectivity index (χ1) is 8.87. The molecule has 19 heavy (non-hydrogen) atoms. The van der Waals surface area contributed by atoms with E-state index in [2.05, 4.69) is 4.72 Å². The Balaban J connectivity index is 2.19. The van der Waals surface area contributed by atoms with Gasteiger partial charge in [0.2, 0.25) is 10.0 Å². The second-order valence-corrected chi connectivity index (χ2v) is 6.41. The third-order valence-electron chi connectivity index (χ3n) is 3.06. The number of aliphatic hydroxyl groups excluding tert-OH is 1. The van der Waals surface area contributed by atoms with Gasteiger partial charge >= 0.3 is 0 Å². The summed E-state index contributed by atoms with van der Waals surface area (Å²) in [4.78, 5) is 10.2. The largest absolute Gasteiger partial charge is 0.394 e. The lowest BCUT2D eigenvalue weighted by Gasteiger charge is -2.14. The summed E-state index contributed by atoms with van der Waals surface area (Å²) in [5.74, 6) is -0.466. The van der Waals surface area contributed by atoms with Gasteiger partial charge in [0, 0.05) is 11.6 Å². The van der Waals surface area contributed by atoms with Gasteiger partial charge in [-0.3, -0.25) is 10.1 Å². The standard InChI is InChI=1S/C11H14N2O5S/c14-8-11(5-6-11)12-19(17,18)7-9-3-1-2-4-10(9)13(15)16/h1-4,12,14H,5-8H2. The maximum atomic E-state index is 11.9. The van der Waals surface area contributed by atoms with Crippen LogP contribution in [0.5, 0.6) is 0 Å². The zero-order chi connectivity index (χ0) is 14.1. The molecule has 0 heterocycles. The molecule has 1 aromatic rings. The van der Waals surface area contributed by atoms with Crippen molar-refractivity contribution in [2.45, 2.75) is 24.1 Å². The van der Waals surface area contributed by atoms with E-state index in [0.29, 0.717) is 12.8 Å². The number of hydrogen-bond acceptors (Lipinski definition) is 5. The van der Waals surface area contributed by atoms with E-state index in [9.17, 15) is 18.5 Å². The van der Waals surface area contributed by atoms with Crippen LogP contribution in [0.4, 0.5) is 5.69 Å². The van der Waals surface area contributed by atoms with Crippen molar-refractivity contribution in [1.29, 1.82) is 0 Å². The van der Waals surface area contributed by atoms with Crippen molar-refractivity contribution in [1.82, 2.24) is 4.72 Å². The molecule has 0 radical (unpaired) electrons. The molecule has 104 valence electrons. The molecule has 0 amide bonds. The second kappa shape index (κ2) is 4.87. The number of nitrogens with zero attached hydrogens (tertiary/aromatic N) is 1. The molecule has 0 aliphatic heterocycles. The van der Waals surface area contributed by atoms with Crippen LogP contribution in [0.1, 0.15) is 18.4 Å². The van der Waals surface area contributed by atoms with Crippen LogP contribution in [-0.4, -0.2) is 30.6 Å². The molecule has 7 nitrogen and oxygen atoms in total. The van der Waals surface area contributed by atoms with E-state index in [-0.39, 0.29) is 17.9 Å². The lowest BCUT2D eigenvalue weighted by molar-refractivity contribution is -0.385. The summed E-state index contributed by atoms with van der Waals surface area (Å²) in [5.41, 5.74) is -0.849. The Kier molecular flexibility index (Phi) is 3.57. The van der Waals surface area contributed by atoms with E-state index >= 15 is 0 Å². The molecule has 1 saturated carbocycles. The first-order valence-electron chi connectivity index (χ1n) is 5.72. The summed E-state index contributed by atoms with van der Waals surface area (Å²) in [6.07, 6.45) is 1.17. The van der Waals surface area contributed by atoms with Crippen LogP contribution in [-0.2, 0) is 15.8 Å². The lowest BCUT2D eigenvalue weighted by Crippen LogP contribution is -2.40.